The lowest BCUT2D eigenvalue weighted by Gasteiger charge is -2.20. The normalized spacial score (nSPS) is 17.6. The number of benzene rings is 1. The number of nitrogens with zero attached hydrogens (tertiary/aromatic N) is 3. The Morgan fingerprint density at radius 3 is 2.61 bits per heavy atom. The lowest BCUT2D eigenvalue weighted by molar-refractivity contribution is -0.116. The van der Waals surface area contributed by atoms with E-state index in [-0.39, 0.29) is 16.8 Å². The van der Waals surface area contributed by atoms with Gasteiger partial charge >= 0.3 is 0 Å². The minimum atomic E-state index is -3.71. The van der Waals surface area contributed by atoms with Gasteiger partial charge in [0.25, 0.3) is 0 Å². The summed E-state index contributed by atoms with van der Waals surface area (Å²) in [4.78, 5) is 13.8. The summed E-state index contributed by atoms with van der Waals surface area (Å²) in [6, 6.07) is 4.61. The molecule has 0 fully saturated rings. The zero-order chi connectivity index (χ0) is 20.8. The van der Waals surface area contributed by atoms with Crippen molar-refractivity contribution in [3.8, 4) is 0 Å². The Hall–Kier alpha value is -2.19. The van der Waals surface area contributed by atoms with Gasteiger partial charge in [0.05, 0.1) is 10.6 Å². The second kappa shape index (κ2) is 7.33. The maximum Gasteiger partial charge on any atom is 0.241 e. The van der Waals surface area contributed by atoms with Crippen LogP contribution >= 0.6 is 0 Å². The number of carbonyl (C=O) groups excluding carboxylic acids is 1. The van der Waals surface area contributed by atoms with Crippen molar-refractivity contribution in [3.63, 3.8) is 0 Å². The Labute approximate surface area is 166 Å². The van der Waals surface area contributed by atoms with Crippen molar-refractivity contribution in [1.82, 2.24) is 14.5 Å². The Morgan fingerprint density at radius 2 is 2.04 bits per heavy atom. The molecule has 0 saturated carbocycles. The molecule has 0 unspecified atom stereocenters. The first-order chi connectivity index (χ1) is 13.1. The molecule has 0 saturated heterocycles. The molecule has 1 aromatic carbocycles. The van der Waals surface area contributed by atoms with Crippen LogP contribution < -0.4 is 9.62 Å². The van der Waals surface area contributed by atoms with Gasteiger partial charge in [-0.15, -0.1) is 0 Å². The van der Waals surface area contributed by atoms with E-state index in [1.165, 1.54) is 6.92 Å². The van der Waals surface area contributed by atoms with Crippen molar-refractivity contribution in [2.45, 2.75) is 71.5 Å². The van der Waals surface area contributed by atoms with Crippen molar-refractivity contribution in [3.05, 3.63) is 40.7 Å². The molecule has 2 heterocycles. The van der Waals surface area contributed by atoms with E-state index in [0.29, 0.717) is 6.42 Å². The topological polar surface area (TPSA) is 84.3 Å². The molecule has 0 bridgehead atoms. The van der Waals surface area contributed by atoms with Gasteiger partial charge in [0.2, 0.25) is 15.9 Å². The highest BCUT2D eigenvalue weighted by atomic mass is 32.2. The molecule has 0 radical (unpaired) electrons. The quantitative estimate of drug-likeness (QED) is 0.830. The fourth-order valence-corrected chi connectivity index (χ4v) is 5.52. The van der Waals surface area contributed by atoms with E-state index in [2.05, 4.69) is 9.82 Å². The molecule has 1 aliphatic rings. The number of anilines is 1. The van der Waals surface area contributed by atoms with Crippen LogP contribution in [0.1, 0.15) is 56.3 Å². The number of carbonyl (C=O) groups is 1. The van der Waals surface area contributed by atoms with Crippen LogP contribution in [0, 0.1) is 13.8 Å². The number of amides is 1. The fraction of sp³-hybridized carbons (Fsp3) is 0.500. The molecular weight excluding hydrogens is 376 g/mol. The molecule has 8 heteroatoms. The van der Waals surface area contributed by atoms with E-state index in [9.17, 15) is 13.2 Å². The maximum absolute atomic E-state index is 13.0. The van der Waals surface area contributed by atoms with E-state index in [1.54, 1.807) is 23.1 Å². The SMILES string of the molecule is CCn1nc(C)c([C@@H](C)NS(=O)(=O)c2ccc3c(c2)C[C@H](C)N3C(C)=O)c1C. The standard InChI is InChI=1S/C20H28N4O3S/c1-7-23-15(5)20(13(3)21-23)14(4)22-28(26,27)18-8-9-19-17(11-18)10-12(2)24(19)16(6)25/h8-9,11-12,14,22H,7,10H2,1-6H3/t12-,14+/m0/s1. The molecule has 1 amide bonds. The van der Waals surface area contributed by atoms with Gasteiger partial charge in [-0.1, -0.05) is 0 Å². The van der Waals surface area contributed by atoms with Crippen molar-refractivity contribution in [2.24, 2.45) is 0 Å². The molecular formula is C20H28N4O3S. The molecule has 152 valence electrons. The molecule has 1 aliphatic heterocycles. The number of rotatable bonds is 5. The fourth-order valence-electron chi connectivity index (χ4n) is 4.26. The van der Waals surface area contributed by atoms with Gasteiger partial charge in [0, 0.05) is 42.5 Å². The van der Waals surface area contributed by atoms with Crippen molar-refractivity contribution < 1.29 is 13.2 Å². The maximum atomic E-state index is 13.0. The molecule has 1 N–H and O–H groups in total. The second-order valence-electron chi connectivity index (χ2n) is 7.48. The van der Waals surface area contributed by atoms with Gasteiger partial charge in [-0.2, -0.15) is 5.10 Å². The summed E-state index contributed by atoms with van der Waals surface area (Å²) in [6.45, 7) is 11.9. The highest BCUT2D eigenvalue weighted by molar-refractivity contribution is 7.89. The first kappa shape index (κ1) is 20.5. The van der Waals surface area contributed by atoms with Crippen LogP contribution in [0.25, 0.3) is 0 Å². The number of hydrogen-bond acceptors (Lipinski definition) is 4. The van der Waals surface area contributed by atoms with Crippen molar-refractivity contribution in [1.29, 1.82) is 0 Å². The lowest BCUT2D eigenvalue weighted by atomic mass is 10.1. The van der Waals surface area contributed by atoms with Crippen molar-refractivity contribution in [2.75, 3.05) is 4.90 Å². The number of fused-ring (bicyclic) bond motifs is 1. The summed E-state index contributed by atoms with van der Waals surface area (Å²) in [6.07, 6.45) is 0.648. The van der Waals surface area contributed by atoms with Crippen LogP contribution in [0.2, 0.25) is 0 Å². The first-order valence-electron chi connectivity index (χ1n) is 9.55. The number of aromatic nitrogens is 2. The minimum absolute atomic E-state index is 0.0301. The Kier molecular flexibility index (Phi) is 5.38. The van der Waals surface area contributed by atoms with E-state index >= 15 is 0 Å². The zero-order valence-electron chi connectivity index (χ0n) is 17.3. The van der Waals surface area contributed by atoms with E-state index in [1.807, 2.05) is 39.3 Å². The molecule has 1 aromatic heterocycles. The molecule has 2 aromatic rings. The largest absolute Gasteiger partial charge is 0.309 e. The molecule has 3 rings (SSSR count). The monoisotopic (exact) mass is 404 g/mol. The summed E-state index contributed by atoms with van der Waals surface area (Å²) in [5.41, 5.74) is 4.37. The van der Waals surface area contributed by atoms with Crippen LogP contribution in [-0.4, -0.2) is 30.1 Å². The zero-order valence-corrected chi connectivity index (χ0v) is 18.1. The van der Waals surface area contributed by atoms with Crippen LogP contribution in [0.15, 0.2) is 23.1 Å². The average molecular weight is 405 g/mol. The number of hydrogen-bond donors (Lipinski definition) is 1. The van der Waals surface area contributed by atoms with Gasteiger partial charge < -0.3 is 4.90 Å². The Morgan fingerprint density at radius 1 is 1.36 bits per heavy atom. The first-order valence-corrected chi connectivity index (χ1v) is 11.0. The van der Waals surface area contributed by atoms with Crippen LogP contribution in [0.5, 0.6) is 0 Å². The second-order valence-corrected chi connectivity index (χ2v) is 9.19. The third-order valence-corrected chi connectivity index (χ3v) is 6.96. The number of aryl methyl sites for hydroxylation is 2. The van der Waals surface area contributed by atoms with Crippen LogP contribution in [-0.2, 0) is 27.8 Å². The van der Waals surface area contributed by atoms with Gasteiger partial charge in [-0.05, 0) is 64.8 Å². The highest BCUT2D eigenvalue weighted by Crippen LogP contribution is 2.34. The van der Waals surface area contributed by atoms with Crippen LogP contribution in [0.4, 0.5) is 5.69 Å². The predicted octanol–water partition coefficient (Wildman–Crippen LogP) is 2.86. The molecule has 2 atom stereocenters. The Balaban J connectivity index is 1.90. The van der Waals surface area contributed by atoms with Gasteiger partial charge in [0.15, 0.2) is 0 Å². The molecule has 7 nitrogen and oxygen atoms in total. The average Bonchev–Trinajstić information content (AvgIpc) is 3.08. The summed E-state index contributed by atoms with van der Waals surface area (Å²) < 4.78 is 30.6. The molecule has 28 heavy (non-hydrogen) atoms. The summed E-state index contributed by atoms with van der Waals surface area (Å²) in [5.74, 6) is -0.0347. The summed E-state index contributed by atoms with van der Waals surface area (Å²) >= 11 is 0. The van der Waals surface area contributed by atoms with E-state index < -0.39 is 16.1 Å². The third-order valence-electron chi connectivity index (χ3n) is 5.42. The third kappa shape index (κ3) is 3.46. The summed E-state index contributed by atoms with van der Waals surface area (Å²) in [5, 5.41) is 4.48. The minimum Gasteiger partial charge on any atom is -0.309 e. The van der Waals surface area contributed by atoms with Gasteiger partial charge in [0.1, 0.15) is 0 Å². The molecule has 0 aliphatic carbocycles. The number of nitrogens with one attached hydrogen (secondary N) is 1. The molecule has 0 spiro atoms. The predicted molar refractivity (Wildman–Crippen MR) is 109 cm³/mol. The lowest BCUT2D eigenvalue weighted by Crippen LogP contribution is -2.33. The smallest absolute Gasteiger partial charge is 0.241 e. The summed E-state index contributed by atoms with van der Waals surface area (Å²) in [7, 11) is -3.71. The Bertz CT molecular complexity index is 1030. The van der Waals surface area contributed by atoms with Crippen molar-refractivity contribution >= 4 is 21.6 Å². The van der Waals surface area contributed by atoms with Gasteiger partial charge in [-0.3, -0.25) is 9.48 Å². The van der Waals surface area contributed by atoms with Crippen LogP contribution in [0.3, 0.4) is 0 Å². The van der Waals surface area contributed by atoms with Gasteiger partial charge in [-0.25, -0.2) is 13.1 Å². The highest BCUT2D eigenvalue weighted by Gasteiger charge is 2.31. The number of sulfonamides is 1. The van der Waals surface area contributed by atoms with E-state index in [4.69, 9.17) is 0 Å². The van der Waals surface area contributed by atoms with E-state index in [0.717, 1.165) is 34.7 Å².